The fourth-order valence-electron chi connectivity index (χ4n) is 6.59. The summed E-state index contributed by atoms with van der Waals surface area (Å²) in [5.41, 5.74) is 1.93. The van der Waals surface area contributed by atoms with Gasteiger partial charge in [0.2, 0.25) is 0 Å². The van der Waals surface area contributed by atoms with Crippen LogP contribution in [0.25, 0.3) is 43.6 Å². The standard InChI is InChI=1S/C29H25N3O10/c1-9-8-40-15-5-12-14(6-16(15)41-9)32(29-26(37)25(36)24(35)17(7-33)42-29)23-19(12)21-20(27(38)31-28(21)39)18-11-4-10(34)2-3-13(11)30-22(18)23/h2-6,9,17,24-26,29-30,33-37H,7-8H2,1H3,(H,31,38,39)/t9?,17-,24-,25+,26-,29-/m1/s1. The van der Waals surface area contributed by atoms with Crippen LogP contribution in [0.5, 0.6) is 17.2 Å². The summed E-state index contributed by atoms with van der Waals surface area (Å²) in [5.74, 6) is -0.481. The predicted octanol–water partition coefficient (Wildman–Crippen LogP) is 1.15. The minimum Gasteiger partial charge on any atom is -0.508 e. The highest BCUT2D eigenvalue weighted by molar-refractivity contribution is 6.39. The van der Waals surface area contributed by atoms with Gasteiger partial charge in [0.15, 0.2) is 17.7 Å². The van der Waals surface area contributed by atoms with Crippen LogP contribution in [0.3, 0.4) is 0 Å². The molecule has 0 saturated carbocycles. The fraction of sp³-hybridized carbons (Fsp3) is 0.310. The number of hydrogen-bond acceptors (Lipinski definition) is 10. The number of fused-ring (bicyclic) bond motifs is 11. The number of nitrogens with one attached hydrogen (secondary N) is 2. The molecule has 3 aliphatic rings. The van der Waals surface area contributed by atoms with Crippen LogP contribution in [0.4, 0.5) is 0 Å². The van der Waals surface area contributed by atoms with Crippen LogP contribution >= 0.6 is 0 Å². The number of phenols is 1. The number of aromatic hydroxyl groups is 1. The van der Waals surface area contributed by atoms with Gasteiger partial charge < -0.3 is 49.3 Å². The molecule has 13 heteroatoms. The van der Waals surface area contributed by atoms with Crippen LogP contribution in [-0.2, 0) is 4.74 Å². The zero-order valence-electron chi connectivity index (χ0n) is 22.0. The van der Waals surface area contributed by atoms with E-state index in [1.165, 1.54) is 12.1 Å². The fourth-order valence-corrected chi connectivity index (χ4v) is 6.59. The molecule has 1 saturated heterocycles. The molecule has 3 aromatic carbocycles. The Bertz CT molecular complexity index is 2010. The van der Waals surface area contributed by atoms with Crippen LogP contribution in [0, 0.1) is 0 Å². The van der Waals surface area contributed by atoms with Crippen LogP contribution in [0.15, 0.2) is 30.3 Å². The Morgan fingerprint density at radius 2 is 1.71 bits per heavy atom. The predicted molar refractivity (Wildman–Crippen MR) is 147 cm³/mol. The van der Waals surface area contributed by atoms with Crippen LogP contribution in [-0.4, -0.2) is 90.6 Å². The highest BCUT2D eigenvalue weighted by atomic mass is 16.6. The maximum atomic E-state index is 13.4. The van der Waals surface area contributed by atoms with Crippen molar-refractivity contribution in [1.82, 2.24) is 14.9 Å². The number of carbonyl (C=O) groups is 2. The van der Waals surface area contributed by atoms with Gasteiger partial charge in [-0.05, 0) is 31.2 Å². The van der Waals surface area contributed by atoms with Crippen molar-refractivity contribution in [3.8, 4) is 17.2 Å². The third-order valence-corrected chi connectivity index (χ3v) is 8.44. The molecule has 42 heavy (non-hydrogen) atoms. The van der Waals surface area contributed by atoms with Crippen molar-refractivity contribution in [2.24, 2.45) is 0 Å². The Kier molecular flexibility index (Phi) is 5.16. The summed E-state index contributed by atoms with van der Waals surface area (Å²) in [6.07, 6.45) is -7.78. The second-order valence-corrected chi connectivity index (χ2v) is 11.0. The number of nitrogens with zero attached hydrogens (tertiary/aromatic N) is 1. The van der Waals surface area contributed by atoms with Crippen molar-refractivity contribution in [2.45, 2.75) is 43.7 Å². The van der Waals surface area contributed by atoms with E-state index in [0.717, 1.165) is 0 Å². The SMILES string of the molecule is CC1COc2cc3c4c5c(c6c7cc(O)ccc7[nH]c6c4n([C@@H]4O[C@H](CO)[C@@H](O)[C@H](O)[C@H]4O)c3cc2O1)C(=O)NC5=O. The molecular weight excluding hydrogens is 550 g/mol. The van der Waals surface area contributed by atoms with Gasteiger partial charge in [-0.25, -0.2) is 0 Å². The van der Waals surface area contributed by atoms with Crippen LogP contribution in [0.1, 0.15) is 33.9 Å². The Balaban J connectivity index is 1.59. The minimum atomic E-state index is -1.68. The number of phenolic OH excluding ortho intramolecular Hbond substituents is 1. The van der Waals surface area contributed by atoms with E-state index in [0.29, 0.717) is 55.1 Å². The molecule has 6 atom stereocenters. The number of amides is 2. The molecule has 1 unspecified atom stereocenters. The van der Waals surface area contributed by atoms with Gasteiger partial charge in [0.1, 0.15) is 42.9 Å². The lowest BCUT2D eigenvalue weighted by atomic mass is 9.96. The summed E-state index contributed by atoms with van der Waals surface area (Å²) < 4.78 is 19.5. The Morgan fingerprint density at radius 1 is 0.952 bits per heavy atom. The molecule has 2 amide bonds. The third kappa shape index (κ3) is 3.19. The van der Waals surface area contributed by atoms with Crippen molar-refractivity contribution >= 4 is 55.4 Å². The molecule has 1 fully saturated rings. The monoisotopic (exact) mass is 575 g/mol. The molecule has 2 aromatic heterocycles. The van der Waals surface area contributed by atoms with E-state index >= 15 is 0 Å². The van der Waals surface area contributed by atoms with Gasteiger partial charge in [-0.1, -0.05) is 0 Å². The molecule has 13 nitrogen and oxygen atoms in total. The Labute approximate surface area is 235 Å². The molecule has 5 heterocycles. The molecule has 0 spiro atoms. The molecule has 8 rings (SSSR count). The lowest BCUT2D eigenvalue weighted by molar-refractivity contribution is -0.249. The van der Waals surface area contributed by atoms with E-state index in [1.807, 2.05) is 6.92 Å². The zero-order valence-corrected chi connectivity index (χ0v) is 22.0. The average molecular weight is 576 g/mol. The second-order valence-electron chi connectivity index (χ2n) is 11.0. The van der Waals surface area contributed by atoms with Gasteiger partial charge >= 0.3 is 0 Å². The van der Waals surface area contributed by atoms with Gasteiger partial charge in [0, 0.05) is 33.1 Å². The van der Waals surface area contributed by atoms with E-state index in [1.54, 1.807) is 22.8 Å². The zero-order chi connectivity index (χ0) is 29.2. The first-order chi connectivity index (χ1) is 20.2. The van der Waals surface area contributed by atoms with Gasteiger partial charge in [-0.15, -0.1) is 0 Å². The number of carbonyl (C=O) groups excluding carboxylic acids is 2. The Hall–Kier alpha value is -4.40. The van der Waals surface area contributed by atoms with Crippen molar-refractivity contribution in [2.75, 3.05) is 13.2 Å². The lowest BCUT2D eigenvalue weighted by Crippen LogP contribution is -2.56. The Morgan fingerprint density at radius 3 is 2.48 bits per heavy atom. The summed E-state index contributed by atoms with van der Waals surface area (Å²) in [6.45, 7) is 1.49. The van der Waals surface area contributed by atoms with Crippen LogP contribution in [0.2, 0.25) is 0 Å². The quantitative estimate of drug-likeness (QED) is 0.150. The highest BCUT2D eigenvalue weighted by Crippen LogP contribution is 2.49. The van der Waals surface area contributed by atoms with Gasteiger partial charge in [0.25, 0.3) is 11.8 Å². The van der Waals surface area contributed by atoms with Gasteiger partial charge in [-0.2, -0.15) is 0 Å². The molecule has 0 bridgehead atoms. The van der Waals surface area contributed by atoms with E-state index in [2.05, 4.69) is 10.3 Å². The molecule has 5 aromatic rings. The molecule has 7 N–H and O–H groups in total. The largest absolute Gasteiger partial charge is 0.508 e. The minimum absolute atomic E-state index is 0.0486. The van der Waals surface area contributed by atoms with Crippen molar-refractivity contribution < 1.29 is 49.3 Å². The van der Waals surface area contributed by atoms with Crippen molar-refractivity contribution in [3.05, 3.63) is 41.5 Å². The van der Waals surface area contributed by atoms with E-state index < -0.39 is 49.1 Å². The van der Waals surface area contributed by atoms with Crippen LogP contribution < -0.4 is 14.8 Å². The topological polar surface area (TPSA) is 196 Å². The third-order valence-electron chi connectivity index (χ3n) is 8.44. The number of aliphatic hydroxyl groups excluding tert-OH is 4. The van der Waals surface area contributed by atoms with E-state index in [4.69, 9.17) is 14.2 Å². The summed E-state index contributed by atoms with van der Waals surface area (Å²) in [5, 5.41) is 56.8. The molecule has 0 radical (unpaired) electrons. The summed E-state index contributed by atoms with van der Waals surface area (Å²) in [7, 11) is 0. The molecule has 0 aliphatic carbocycles. The van der Waals surface area contributed by atoms with E-state index in [-0.39, 0.29) is 29.6 Å². The van der Waals surface area contributed by atoms with Gasteiger partial charge in [-0.3, -0.25) is 14.9 Å². The summed E-state index contributed by atoms with van der Waals surface area (Å²) in [6, 6.07) is 7.97. The van der Waals surface area contributed by atoms with Crippen molar-refractivity contribution in [1.29, 1.82) is 0 Å². The number of aromatic amines is 1. The number of ether oxygens (including phenoxy) is 3. The van der Waals surface area contributed by atoms with Gasteiger partial charge in [0.05, 0.1) is 34.3 Å². The average Bonchev–Trinajstić information content (AvgIpc) is 3.59. The smallest absolute Gasteiger partial charge is 0.259 e. The normalized spacial score (nSPS) is 27.4. The maximum Gasteiger partial charge on any atom is 0.259 e. The number of aliphatic hydroxyl groups is 4. The number of benzene rings is 3. The first-order valence-corrected chi connectivity index (χ1v) is 13.5. The van der Waals surface area contributed by atoms with E-state index in [9.17, 15) is 35.1 Å². The second kappa shape index (κ2) is 8.56. The molecule has 3 aliphatic heterocycles. The number of H-pyrrole nitrogens is 1. The lowest BCUT2D eigenvalue weighted by Gasteiger charge is -2.41. The number of rotatable bonds is 2. The number of hydrogen-bond donors (Lipinski definition) is 7. The first-order valence-electron chi connectivity index (χ1n) is 13.5. The maximum absolute atomic E-state index is 13.4. The molecule has 216 valence electrons. The summed E-state index contributed by atoms with van der Waals surface area (Å²) >= 11 is 0. The molecular formula is C29H25N3O10. The highest BCUT2D eigenvalue weighted by Gasteiger charge is 2.46. The van der Waals surface area contributed by atoms with Crippen molar-refractivity contribution in [3.63, 3.8) is 0 Å². The first kappa shape index (κ1) is 25.3. The summed E-state index contributed by atoms with van der Waals surface area (Å²) in [4.78, 5) is 30.0. The number of aromatic nitrogens is 2. The number of imide groups is 1.